The molecule has 0 saturated heterocycles. The standard InChI is InChI=1S/C30H36N2O3S/c1-17-12-13-36-29(17)20-9-7-19(8-10-20)24-16-32-27(26(24)31)22-14-21(34)15-23(22)28(35)25(30(3,4)5)11-6-18(2)33/h7-10,12-13,16,21-23,25,31,34H,6,11,14-15H2,1-5H3/t21-,22-,23?,25-/m1/s1. The van der Waals surface area contributed by atoms with Crippen molar-refractivity contribution in [2.45, 2.75) is 66.4 Å². The van der Waals surface area contributed by atoms with E-state index in [4.69, 9.17) is 5.41 Å². The number of nitrogens with one attached hydrogen (secondary N) is 1. The number of ketones is 2. The van der Waals surface area contributed by atoms with Crippen molar-refractivity contribution >= 4 is 39.9 Å². The number of rotatable bonds is 8. The summed E-state index contributed by atoms with van der Waals surface area (Å²) >= 11 is 1.72. The number of allylic oxidation sites excluding steroid dienone is 1. The lowest BCUT2D eigenvalue weighted by Crippen LogP contribution is -2.38. The van der Waals surface area contributed by atoms with Gasteiger partial charge in [-0.2, -0.15) is 0 Å². The van der Waals surface area contributed by atoms with Crippen molar-refractivity contribution in [3.63, 3.8) is 0 Å². The maximum atomic E-state index is 13.8. The van der Waals surface area contributed by atoms with Gasteiger partial charge in [-0.15, -0.1) is 11.3 Å². The molecule has 1 aliphatic heterocycles. The molecule has 0 bridgehead atoms. The van der Waals surface area contributed by atoms with Gasteiger partial charge < -0.3 is 9.90 Å². The Hall–Kier alpha value is -2.70. The molecule has 0 spiro atoms. The summed E-state index contributed by atoms with van der Waals surface area (Å²) in [5.74, 6) is -0.798. The molecule has 1 unspecified atom stereocenters. The van der Waals surface area contributed by atoms with E-state index in [1.807, 2.05) is 32.9 Å². The second-order valence-electron chi connectivity index (χ2n) is 11.3. The van der Waals surface area contributed by atoms with Crippen molar-refractivity contribution in [2.75, 3.05) is 0 Å². The number of carbonyl (C=O) groups excluding carboxylic acids is 2. The maximum absolute atomic E-state index is 13.8. The van der Waals surface area contributed by atoms with Crippen LogP contribution in [-0.4, -0.2) is 34.2 Å². The van der Waals surface area contributed by atoms with Gasteiger partial charge in [-0.3, -0.25) is 15.2 Å². The van der Waals surface area contributed by atoms with Gasteiger partial charge in [-0.1, -0.05) is 45.0 Å². The fourth-order valence-electron chi connectivity index (χ4n) is 5.61. The quantitative estimate of drug-likeness (QED) is 0.428. The van der Waals surface area contributed by atoms with E-state index >= 15 is 0 Å². The smallest absolute Gasteiger partial charge is 0.140 e. The number of thiophene rings is 1. The minimum atomic E-state index is -0.592. The van der Waals surface area contributed by atoms with Gasteiger partial charge in [0.05, 0.1) is 17.5 Å². The monoisotopic (exact) mass is 504 g/mol. The maximum Gasteiger partial charge on any atom is 0.140 e. The number of hydrogen-bond donors (Lipinski definition) is 2. The van der Waals surface area contributed by atoms with Crippen LogP contribution in [0.4, 0.5) is 0 Å². The molecule has 4 atom stereocenters. The number of Topliss-reactive ketones (excluding diaryl/α,β-unsaturated/α-hetero) is 2. The second-order valence-corrected chi connectivity index (χ2v) is 12.3. The van der Waals surface area contributed by atoms with E-state index in [1.165, 1.54) is 10.4 Å². The number of aliphatic hydroxyl groups is 1. The van der Waals surface area contributed by atoms with E-state index < -0.39 is 12.0 Å². The largest absolute Gasteiger partial charge is 0.393 e. The van der Waals surface area contributed by atoms with Gasteiger partial charge in [0.1, 0.15) is 11.6 Å². The predicted molar refractivity (Wildman–Crippen MR) is 148 cm³/mol. The van der Waals surface area contributed by atoms with Crippen molar-refractivity contribution in [1.82, 2.24) is 0 Å². The number of benzene rings is 1. The lowest BCUT2D eigenvalue weighted by Gasteiger charge is -2.33. The van der Waals surface area contributed by atoms with E-state index in [0.717, 1.165) is 16.7 Å². The van der Waals surface area contributed by atoms with E-state index in [1.54, 1.807) is 24.5 Å². The first-order chi connectivity index (χ1) is 17.0. The zero-order valence-electron chi connectivity index (χ0n) is 21.8. The fourth-order valence-corrected chi connectivity index (χ4v) is 6.54. The molecule has 2 heterocycles. The van der Waals surface area contributed by atoms with Crippen molar-refractivity contribution in [3.05, 3.63) is 53.0 Å². The lowest BCUT2D eigenvalue weighted by atomic mass is 9.70. The number of aryl methyl sites for hydroxylation is 1. The molecular weight excluding hydrogens is 468 g/mol. The molecule has 2 aliphatic rings. The van der Waals surface area contributed by atoms with Crippen LogP contribution < -0.4 is 0 Å². The first-order valence-electron chi connectivity index (χ1n) is 12.7. The summed E-state index contributed by atoms with van der Waals surface area (Å²) in [6.45, 7) is 9.76. The first kappa shape index (κ1) is 26.4. The van der Waals surface area contributed by atoms with E-state index in [2.05, 4.69) is 35.5 Å². The molecule has 0 radical (unpaired) electrons. The molecule has 2 N–H and O–H groups in total. The van der Waals surface area contributed by atoms with Crippen LogP contribution in [0.3, 0.4) is 0 Å². The van der Waals surface area contributed by atoms with Gasteiger partial charge >= 0.3 is 0 Å². The van der Waals surface area contributed by atoms with Gasteiger partial charge in [0, 0.05) is 40.8 Å². The third-order valence-corrected chi connectivity index (χ3v) is 8.67. The van der Waals surface area contributed by atoms with Crippen molar-refractivity contribution in [3.8, 4) is 10.4 Å². The Balaban J connectivity index is 1.53. The van der Waals surface area contributed by atoms with Crippen molar-refractivity contribution < 1.29 is 14.7 Å². The second kappa shape index (κ2) is 10.3. The third kappa shape index (κ3) is 5.35. The van der Waals surface area contributed by atoms with Crippen molar-refractivity contribution in [2.24, 2.45) is 28.2 Å². The zero-order valence-corrected chi connectivity index (χ0v) is 22.6. The van der Waals surface area contributed by atoms with Crippen LogP contribution in [-0.2, 0) is 9.59 Å². The van der Waals surface area contributed by atoms with Gasteiger partial charge in [-0.25, -0.2) is 0 Å². The Labute approximate surface area is 217 Å². The highest BCUT2D eigenvalue weighted by atomic mass is 32.1. The summed E-state index contributed by atoms with van der Waals surface area (Å²) in [5, 5.41) is 21.6. The molecular formula is C30H36N2O3S. The molecule has 6 heteroatoms. The molecule has 1 aliphatic carbocycles. The molecule has 4 rings (SSSR count). The summed E-state index contributed by atoms with van der Waals surface area (Å²) < 4.78 is 0. The van der Waals surface area contributed by atoms with Crippen LogP contribution in [0.2, 0.25) is 0 Å². The van der Waals surface area contributed by atoms with Gasteiger partial charge in [0.15, 0.2) is 0 Å². The zero-order chi connectivity index (χ0) is 26.2. The van der Waals surface area contributed by atoms with Crippen LogP contribution >= 0.6 is 11.3 Å². The van der Waals surface area contributed by atoms with Gasteiger partial charge in [-0.05, 0) is 66.7 Å². The Kier molecular flexibility index (Phi) is 7.58. The van der Waals surface area contributed by atoms with Gasteiger partial charge in [0.2, 0.25) is 0 Å². The highest BCUT2D eigenvalue weighted by molar-refractivity contribution is 7.13. The highest BCUT2D eigenvalue weighted by Gasteiger charge is 2.46. The summed E-state index contributed by atoms with van der Waals surface area (Å²) in [6, 6.07) is 10.3. The van der Waals surface area contributed by atoms with Crippen LogP contribution in [0.1, 0.15) is 64.5 Å². The summed E-state index contributed by atoms with van der Waals surface area (Å²) in [5.41, 5.74) is 4.71. The average molecular weight is 505 g/mol. The summed E-state index contributed by atoms with van der Waals surface area (Å²) in [4.78, 5) is 31.3. The topological polar surface area (TPSA) is 90.6 Å². The number of hydrogen-bond acceptors (Lipinski definition) is 6. The summed E-state index contributed by atoms with van der Waals surface area (Å²) in [6.07, 6.45) is 2.83. The highest BCUT2D eigenvalue weighted by Crippen LogP contribution is 2.42. The van der Waals surface area contributed by atoms with E-state index in [-0.39, 0.29) is 28.8 Å². The molecule has 190 valence electrons. The van der Waals surface area contributed by atoms with Crippen LogP contribution in [0.25, 0.3) is 16.0 Å². The Morgan fingerprint density at radius 3 is 2.39 bits per heavy atom. The number of carbonyl (C=O) groups is 2. The average Bonchev–Trinajstić information content (AvgIpc) is 3.51. The van der Waals surface area contributed by atoms with E-state index in [0.29, 0.717) is 37.1 Å². The summed E-state index contributed by atoms with van der Waals surface area (Å²) in [7, 11) is 0. The van der Waals surface area contributed by atoms with Gasteiger partial charge in [0.25, 0.3) is 0 Å². The molecule has 0 amide bonds. The first-order valence-corrected chi connectivity index (χ1v) is 13.6. The molecule has 1 aromatic heterocycles. The minimum absolute atomic E-state index is 0.0797. The predicted octanol–water partition coefficient (Wildman–Crippen LogP) is 6.53. The van der Waals surface area contributed by atoms with E-state index in [9.17, 15) is 14.7 Å². The lowest BCUT2D eigenvalue weighted by molar-refractivity contribution is -0.131. The SMILES string of the molecule is CC(=O)CC[C@H](C(=O)C1C[C@H](O)C[C@H]1C1=NC=C(c2ccc(-c3sccc3C)cc2)C1=N)C(C)(C)C. The van der Waals surface area contributed by atoms with Crippen LogP contribution in [0, 0.1) is 35.5 Å². The van der Waals surface area contributed by atoms with Crippen molar-refractivity contribution in [1.29, 1.82) is 5.41 Å². The molecule has 1 saturated carbocycles. The third-order valence-electron chi connectivity index (χ3n) is 7.61. The molecule has 1 fully saturated rings. The Morgan fingerprint density at radius 2 is 1.81 bits per heavy atom. The minimum Gasteiger partial charge on any atom is -0.393 e. The van der Waals surface area contributed by atoms with Crippen LogP contribution in [0.5, 0.6) is 0 Å². The molecule has 36 heavy (non-hydrogen) atoms. The number of nitrogens with zero attached hydrogens (tertiary/aromatic N) is 1. The number of aliphatic hydroxyl groups excluding tert-OH is 1. The Bertz CT molecular complexity index is 1230. The molecule has 2 aromatic rings. The Morgan fingerprint density at radius 1 is 1.14 bits per heavy atom. The normalized spacial score (nSPS) is 22.9. The molecule has 5 nitrogen and oxygen atoms in total. The van der Waals surface area contributed by atoms with Crippen LogP contribution in [0.15, 0.2) is 46.9 Å². The molecule has 1 aromatic carbocycles. The number of aliphatic imine (C=N–C) groups is 1. The fraction of sp³-hybridized carbons (Fsp3) is 0.467.